The van der Waals surface area contributed by atoms with E-state index in [0.29, 0.717) is 17.2 Å². The van der Waals surface area contributed by atoms with Crippen LogP contribution in [-0.4, -0.2) is 19.0 Å². The van der Waals surface area contributed by atoms with E-state index < -0.39 is 11.7 Å². The fraction of sp³-hybridized carbons (Fsp3) is 0.316. The van der Waals surface area contributed by atoms with Crippen LogP contribution in [0.25, 0.3) is 0 Å². The fourth-order valence-corrected chi connectivity index (χ4v) is 2.98. The summed E-state index contributed by atoms with van der Waals surface area (Å²) in [7, 11) is 0. The van der Waals surface area contributed by atoms with Gasteiger partial charge in [-0.1, -0.05) is 24.3 Å². The van der Waals surface area contributed by atoms with Gasteiger partial charge in [-0.15, -0.1) is 0 Å². The summed E-state index contributed by atoms with van der Waals surface area (Å²) in [5, 5.41) is 6.09. The molecule has 1 atom stereocenters. The number of amides is 1. The van der Waals surface area contributed by atoms with E-state index in [1.807, 2.05) is 24.3 Å². The van der Waals surface area contributed by atoms with Gasteiger partial charge < -0.3 is 10.6 Å². The van der Waals surface area contributed by atoms with Crippen LogP contribution < -0.4 is 10.6 Å². The predicted octanol–water partition coefficient (Wildman–Crippen LogP) is 3.96. The Hall–Kier alpha value is -2.34. The van der Waals surface area contributed by atoms with Crippen LogP contribution in [-0.2, 0) is 17.4 Å². The maximum Gasteiger partial charge on any atom is 0.416 e. The lowest BCUT2D eigenvalue weighted by molar-refractivity contribution is -0.137. The summed E-state index contributed by atoms with van der Waals surface area (Å²) in [4.78, 5) is 12.1. The van der Waals surface area contributed by atoms with E-state index in [9.17, 15) is 18.0 Å². The molecule has 0 aromatic heterocycles. The van der Waals surface area contributed by atoms with Gasteiger partial charge in [-0.25, -0.2) is 0 Å². The summed E-state index contributed by atoms with van der Waals surface area (Å²) >= 11 is 0. The van der Waals surface area contributed by atoms with Crippen molar-refractivity contribution in [1.29, 1.82) is 0 Å². The molecule has 2 aromatic rings. The minimum Gasteiger partial charge on any atom is -0.326 e. The Balaban J connectivity index is 1.57. The van der Waals surface area contributed by atoms with Gasteiger partial charge in [-0.3, -0.25) is 4.79 Å². The number of carbonyl (C=O) groups is 1. The number of anilines is 1. The molecule has 1 amide bonds. The van der Waals surface area contributed by atoms with Crippen molar-refractivity contribution in [3.8, 4) is 0 Å². The van der Waals surface area contributed by atoms with Crippen LogP contribution in [0.3, 0.4) is 0 Å². The van der Waals surface area contributed by atoms with Gasteiger partial charge >= 0.3 is 6.18 Å². The molecule has 0 unspecified atom stereocenters. The molecule has 0 radical (unpaired) electrons. The second-order valence-electron chi connectivity index (χ2n) is 6.23. The number of benzene rings is 2. The molecule has 3 rings (SSSR count). The number of nitrogens with one attached hydrogen (secondary N) is 2. The number of alkyl halides is 3. The monoisotopic (exact) mass is 348 g/mol. The van der Waals surface area contributed by atoms with Crippen molar-refractivity contribution in [2.75, 3.05) is 18.4 Å². The molecule has 1 aliphatic rings. The van der Waals surface area contributed by atoms with Crippen LogP contribution in [0.4, 0.5) is 18.9 Å². The highest BCUT2D eigenvalue weighted by atomic mass is 19.4. The molecule has 0 saturated carbocycles. The molecular weight excluding hydrogens is 329 g/mol. The van der Waals surface area contributed by atoms with Crippen molar-refractivity contribution in [2.24, 2.45) is 0 Å². The Labute approximate surface area is 144 Å². The number of carbonyl (C=O) groups excluding carboxylic acids is 1. The van der Waals surface area contributed by atoms with Crippen LogP contribution in [0.1, 0.15) is 29.0 Å². The van der Waals surface area contributed by atoms with Crippen LogP contribution in [0.15, 0.2) is 48.5 Å². The lowest BCUT2D eigenvalue weighted by Crippen LogP contribution is -2.14. The van der Waals surface area contributed by atoms with Crippen molar-refractivity contribution in [1.82, 2.24) is 5.32 Å². The van der Waals surface area contributed by atoms with Crippen molar-refractivity contribution < 1.29 is 18.0 Å². The zero-order valence-corrected chi connectivity index (χ0v) is 13.6. The standard InChI is InChI=1S/C19H19F3N2O/c20-19(21,22)16-5-1-13(2-6-16)11-18(25)24-17-7-3-14(4-8-17)15-9-10-23-12-15/h1-8,15,23H,9-12H2,(H,24,25)/t15-/m0/s1. The van der Waals surface area contributed by atoms with E-state index >= 15 is 0 Å². The topological polar surface area (TPSA) is 41.1 Å². The van der Waals surface area contributed by atoms with E-state index in [0.717, 1.165) is 31.6 Å². The smallest absolute Gasteiger partial charge is 0.326 e. The van der Waals surface area contributed by atoms with Gasteiger partial charge in [0.25, 0.3) is 0 Å². The van der Waals surface area contributed by atoms with E-state index in [1.54, 1.807) is 0 Å². The first-order valence-corrected chi connectivity index (χ1v) is 8.18. The maximum atomic E-state index is 12.5. The molecule has 1 fully saturated rings. The Morgan fingerprint density at radius 1 is 1.08 bits per heavy atom. The number of hydrogen-bond donors (Lipinski definition) is 2. The second-order valence-corrected chi connectivity index (χ2v) is 6.23. The predicted molar refractivity (Wildman–Crippen MR) is 90.4 cm³/mol. The van der Waals surface area contributed by atoms with Crippen molar-refractivity contribution in [3.05, 3.63) is 65.2 Å². The Morgan fingerprint density at radius 2 is 1.76 bits per heavy atom. The summed E-state index contributed by atoms with van der Waals surface area (Å²) in [6.07, 6.45) is -3.22. The van der Waals surface area contributed by atoms with Gasteiger partial charge in [0.2, 0.25) is 5.91 Å². The Morgan fingerprint density at radius 3 is 2.32 bits per heavy atom. The molecule has 1 heterocycles. The van der Waals surface area contributed by atoms with Crippen LogP contribution in [0.5, 0.6) is 0 Å². The first-order valence-electron chi connectivity index (χ1n) is 8.18. The van der Waals surface area contributed by atoms with Crippen LogP contribution >= 0.6 is 0 Å². The first kappa shape index (κ1) is 17.5. The van der Waals surface area contributed by atoms with Crippen LogP contribution in [0, 0.1) is 0 Å². The largest absolute Gasteiger partial charge is 0.416 e. The van der Waals surface area contributed by atoms with E-state index in [-0.39, 0.29) is 12.3 Å². The number of rotatable bonds is 4. The van der Waals surface area contributed by atoms with Gasteiger partial charge in [0.1, 0.15) is 0 Å². The Kier molecular flexibility index (Phi) is 5.08. The third kappa shape index (κ3) is 4.60. The molecule has 0 bridgehead atoms. The molecule has 1 saturated heterocycles. The van der Waals surface area contributed by atoms with E-state index in [1.165, 1.54) is 17.7 Å². The average Bonchev–Trinajstić information content (AvgIpc) is 3.09. The van der Waals surface area contributed by atoms with Gasteiger partial charge in [0.05, 0.1) is 12.0 Å². The zero-order valence-electron chi connectivity index (χ0n) is 13.6. The minimum atomic E-state index is -4.36. The maximum absolute atomic E-state index is 12.5. The highest BCUT2D eigenvalue weighted by Gasteiger charge is 2.29. The average molecular weight is 348 g/mol. The van der Waals surface area contributed by atoms with E-state index in [4.69, 9.17) is 0 Å². The second kappa shape index (κ2) is 7.27. The molecule has 132 valence electrons. The highest BCUT2D eigenvalue weighted by molar-refractivity contribution is 5.92. The molecule has 0 spiro atoms. The summed E-state index contributed by atoms with van der Waals surface area (Å²) in [6.45, 7) is 2.00. The van der Waals surface area contributed by atoms with Crippen molar-refractivity contribution >= 4 is 11.6 Å². The summed E-state index contributed by atoms with van der Waals surface area (Å²) in [5.74, 6) is 0.256. The molecule has 2 N–H and O–H groups in total. The lowest BCUT2D eigenvalue weighted by atomic mass is 9.98. The summed E-state index contributed by atoms with van der Waals surface area (Å²) in [5.41, 5.74) is 1.75. The van der Waals surface area contributed by atoms with E-state index in [2.05, 4.69) is 10.6 Å². The van der Waals surface area contributed by atoms with Crippen LogP contribution in [0.2, 0.25) is 0 Å². The van der Waals surface area contributed by atoms with Gasteiger partial charge in [0.15, 0.2) is 0 Å². The van der Waals surface area contributed by atoms with Gasteiger partial charge in [0, 0.05) is 12.2 Å². The first-order chi connectivity index (χ1) is 11.9. The molecule has 3 nitrogen and oxygen atoms in total. The molecule has 2 aromatic carbocycles. The normalized spacial score (nSPS) is 17.5. The lowest BCUT2D eigenvalue weighted by Gasteiger charge is -2.11. The fourth-order valence-electron chi connectivity index (χ4n) is 2.98. The minimum absolute atomic E-state index is 0.0342. The zero-order chi connectivity index (χ0) is 17.9. The SMILES string of the molecule is O=C(Cc1ccc(C(F)(F)F)cc1)Nc1ccc([C@H]2CCNC2)cc1. The molecule has 25 heavy (non-hydrogen) atoms. The molecular formula is C19H19F3N2O. The third-order valence-electron chi connectivity index (χ3n) is 4.37. The summed E-state index contributed by atoms with van der Waals surface area (Å²) < 4.78 is 37.6. The summed E-state index contributed by atoms with van der Waals surface area (Å²) in [6, 6.07) is 12.4. The number of hydrogen-bond acceptors (Lipinski definition) is 2. The van der Waals surface area contributed by atoms with Gasteiger partial charge in [-0.2, -0.15) is 13.2 Å². The quantitative estimate of drug-likeness (QED) is 0.878. The Bertz CT molecular complexity index is 718. The molecule has 6 heteroatoms. The molecule has 0 aliphatic carbocycles. The third-order valence-corrected chi connectivity index (χ3v) is 4.37. The van der Waals surface area contributed by atoms with Crippen molar-refractivity contribution in [2.45, 2.75) is 24.9 Å². The number of halogens is 3. The molecule has 1 aliphatic heterocycles. The van der Waals surface area contributed by atoms with Gasteiger partial charge in [-0.05, 0) is 54.3 Å². The van der Waals surface area contributed by atoms with Crippen molar-refractivity contribution in [3.63, 3.8) is 0 Å². The highest BCUT2D eigenvalue weighted by Crippen LogP contribution is 2.29.